The fourth-order valence-corrected chi connectivity index (χ4v) is 2.54. The SMILES string of the molecule is Fc1cccc(-c2nc(Cl)c3cc(I)ccc3n2)c1. The van der Waals surface area contributed by atoms with Gasteiger partial charge in [0.15, 0.2) is 5.82 Å². The van der Waals surface area contributed by atoms with E-state index < -0.39 is 0 Å². The van der Waals surface area contributed by atoms with Gasteiger partial charge in [-0.2, -0.15) is 0 Å². The van der Waals surface area contributed by atoms with Crippen LogP contribution in [0.1, 0.15) is 0 Å². The molecule has 0 radical (unpaired) electrons. The summed E-state index contributed by atoms with van der Waals surface area (Å²) in [6, 6.07) is 11.9. The largest absolute Gasteiger partial charge is 0.228 e. The molecule has 0 saturated carbocycles. The Balaban J connectivity index is 2.24. The van der Waals surface area contributed by atoms with E-state index in [2.05, 4.69) is 32.6 Å². The van der Waals surface area contributed by atoms with Gasteiger partial charge in [-0.25, -0.2) is 14.4 Å². The van der Waals surface area contributed by atoms with E-state index in [1.165, 1.54) is 12.1 Å². The van der Waals surface area contributed by atoms with E-state index >= 15 is 0 Å². The molecule has 0 unspecified atom stereocenters. The van der Waals surface area contributed by atoms with Gasteiger partial charge in [-0.1, -0.05) is 23.7 Å². The van der Waals surface area contributed by atoms with Crippen molar-refractivity contribution in [2.45, 2.75) is 0 Å². The summed E-state index contributed by atoms with van der Waals surface area (Å²) in [5.41, 5.74) is 1.36. The average Bonchev–Trinajstić information content (AvgIpc) is 2.39. The molecule has 19 heavy (non-hydrogen) atoms. The van der Waals surface area contributed by atoms with Gasteiger partial charge in [0.1, 0.15) is 11.0 Å². The van der Waals surface area contributed by atoms with Crippen molar-refractivity contribution in [3.63, 3.8) is 0 Å². The monoisotopic (exact) mass is 384 g/mol. The van der Waals surface area contributed by atoms with Crippen molar-refractivity contribution in [1.82, 2.24) is 9.97 Å². The predicted molar refractivity (Wildman–Crippen MR) is 82.7 cm³/mol. The Morgan fingerprint density at radius 2 is 1.89 bits per heavy atom. The van der Waals surface area contributed by atoms with Gasteiger partial charge in [0.25, 0.3) is 0 Å². The molecule has 5 heteroatoms. The first-order valence-electron chi connectivity index (χ1n) is 5.52. The molecule has 94 valence electrons. The van der Waals surface area contributed by atoms with Crippen molar-refractivity contribution in [1.29, 1.82) is 0 Å². The van der Waals surface area contributed by atoms with Crippen LogP contribution in [0.15, 0.2) is 42.5 Å². The minimum atomic E-state index is -0.320. The Labute approximate surface area is 127 Å². The van der Waals surface area contributed by atoms with Gasteiger partial charge in [-0.15, -0.1) is 0 Å². The first-order chi connectivity index (χ1) is 9.13. The predicted octanol–water partition coefficient (Wildman–Crippen LogP) is 4.69. The normalized spacial score (nSPS) is 10.9. The molecule has 0 spiro atoms. The van der Waals surface area contributed by atoms with Gasteiger partial charge in [0.05, 0.1) is 5.52 Å². The van der Waals surface area contributed by atoms with Crippen LogP contribution >= 0.6 is 34.2 Å². The highest BCUT2D eigenvalue weighted by Crippen LogP contribution is 2.26. The van der Waals surface area contributed by atoms with Crippen LogP contribution in [0.2, 0.25) is 5.15 Å². The summed E-state index contributed by atoms with van der Waals surface area (Å²) in [5, 5.41) is 1.18. The lowest BCUT2D eigenvalue weighted by Crippen LogP contribution is -1.92. The van der Waals surface area contributed by atoms with Crippen molar-refractivity contribution in [2.75, 3.05) is 0 Å². The second kappa shape index (κ2) is 5.02. The van der Waals surface area contributed by atoms with Gasteiger partial charge < -0.3 is 0 Å². The Kier molecular flexibility index (Phi) is 3.36. The molecular weight excluding hydrogens is 378 g/mol. The first kappa shape index (κ1) is 12.7. The van der Waals surface area contributed by atoms with E-state index in [9.17, 15) is 4.39 Å². The summed E-state index contributed by atoms with van der Waals surface area (Å²) in [6.45, 7) is 0. The van der Waals surface area contributed by atoms with Crippen LogP contribution in [-0.2, 0) is 0 Å². The highest BCUT2D eigenvalue weighted by Gasteiger charge is 2.08. The Morgan fingerprint density at radius 3 is 2.68 bits per heavy atom. The molecule has 3 rings (SSSR count). The molecule has 0 aliphatic rings. The van der Waals surface area contributed by atoms with Gasteiger partial charge in [-0.05, 0) is 52.9 Å². The summed E-state index contributed by atoms with van der Waals surface area (Å²) in [5.74, 6) is 0.109. The molecule has 0 bridgehead atoms. The maximum atomic E-state index is 13.2. The lowest BCUT2D eigenvalue weighted by Gasteiger charge is -2.05. The molecule has 0 saturated heterocycles. The summed E-state index contributed by atoms with van der Waals surface area (Å²) >= 11 is 8.38. The molecule has 0 atom stereocenters. The highest BCUT2D eigenvalue weighted by atomic mass is 127. The lowest BCUT2D eigenvalue weighted by atomic mass is 10.2. The zero-order valence-electron chi connectivity index (χ0n) is 9.57. The molecule has 2 nitrogen and oxygen atoms in total. The summed E-state index contributed by atoms with van der Waals surface area (Å²) < 4.78 is 14.3. The van der Waals surface area contributed by atoms with E-state index in [0.29, 0.717) is 16.5 Å². The Morgan fingerprint density at radius 1 is 1.05 bits per heavy atom. The van der Waals surface area contributed by atoms with Crippen molar-refractivity contribution in [3.8, 4) is 11.4 Å². The zero-order valence-corrected chi connectivity index (χ0v) is 12.5. The molecule has 0 N–H and O–H groups in total. The van der Waals surface area contributed by atoms with Gasteiger partial charge in [-0.3, -0.25) is 0 Å². The number of hydrogen-bond acceptors (Lipinski definition) is 2. The molecule has 1 aromatic heterocycles. The molecule has 1 heterocycles. The molecule has 0 fully saturated rings. The molecule has 0 aliphatic heterocycles. The van der Waals surface area contributed by atoms with Crippen LogP contribution < -0.4 is 0 Å². The molecule has 0 aliphatic carbocycles. The van der Waals surface area contributed by atoms with Crippen LogP contribution in [0.5, 0.6) is 0 Å². The smallest absolute Gasteiger partial charge is 0.161 e. The second-order valence-electron chi connectivity index (χ2n) is 4.01. The number of fused-ring (bicyclic) bond motifs is 1. The minimum Gasteiger partial charge on any atom is -0.228 e. The third-order valence-electron chi connectivity index (χ3n) is 2.69. The summed E-state index contributed by atoms with van der Waals surface area (Å²) in [6.07, 6.45) is 0. The van der Waals surface area contributed by atoms with Crippen LogP contribution in [0.4, 0.5) is 4.39 Å². The lowest BCUT2D eigenvalue weighted by molar-refractivity contribution is 0.628. The first-order valence-corrected chi connectivity index (χ1v) is 6.98. The molecule has 2 aromatic carbocycles. The van der Waals surface area contributed by atoms with E-state index in [0.717, 1.165) is 14.5 Å². The third kappa shape index (κ3) is 2.55. The van der Waals surface area contributed by atoms with Crippen molar-refractivity contribution in [3.05, 3.63) is 57.0 Å². The van der Waals surface area contributed by atoms with Crippen LogP contribution in [0.25, 0.3) is 22.3 Å². The van der Waals surface area contributed by atoms with Crippen molar-refractivity contribution < 1.29 is 4.39 Å². The topological polar surface area (TPSA) is 25.8 Å². The fraction of sp³-hybridized carbons (Fsp3) is 0. The standard InChI is InChI=1S/C14H7ClFIN2/c15-13-11-7-10(17)4-5-12(11)18-14(19-13)8-2-1-3-9(16)6-8/h1-7H. The van der Waals surface area contributed by atoms with Gasteiger partial charge >= 0.3 is 0 Å². The minimum absolute atomic E-state index is 0.320. The Bertz CT molecular complexity index is 776. The molecule has 0 amide bonds. The number of rotatable bonds is 1. The summed E-state index contributed by atoms with van der Waals surface area (Å²) in [7, 11) is 0. The van der Waals surface area contributed by atoms with E-state index in [-0.39, 0.29) is 5.82 Å². The second-order valence-corrected chi connectivity index (χ2v) is 5.61. The maximum absolute atomic E-state index is 13.2. The molecule has 3 aromatic rings. The number of benzene rings is 2. The van der Waals surface area contributed by atoms with E-state index in [4.69, 9.17) is 11.6 Å². The van der Waals surface area contributed by atoms with E-state index in [1.54, 1.807) is 12.1 Å². The van der Waals surface area contributed by atoms with Gasteiger partial charge in [0.2, 0.25) is 0 Å². The zero-order chi connectivity index (χ0) is 13.4. The average molecular weight is 385 g/mol. The van der Waals surface area contributed by atoms with Crippen LogP contribution in [0, 0.1) is 9.39 Å². The molecular formula is C14H7ClFIN2. The number of hydrogen-bond donors (Lipinski definition) is 0. The Hall–Kier alpha value is -1.27. The van der Waals surface area contributed by atoms with Gasteiger partial charge in [0, 0.05) is 14.5 Å². The maximum Gasteiger partial charge on any atom is 0.161 e. The van der Waals surface area contributed by atoms with Crippen molar-refractivity contribution in [2.24, 2.45) is 0 Å². The number of halogens is 3. The van der Waals surface area contributed by atoms with E-state index in [1.807, 2.05) is 18.2 Å². The number of nitrogens with zero attached hydrogens (tertiary/aromatic N) is 2. The summed E-state index contributed by atoms with van der Waals surface area (Å²) in [4.78, 5) is 8.66. The highest BCUT2D eigenvalue weighted by molar-refractivity contribution is 14.1. The quantitative estimate of drug-likeness (QED) is 0.449. The number of aromatic nitrogens is 2. The van der Waals surface area contributed by atoms with Crippen molar-refractivity contribution >= 4 is 45.1 Å². The van der Waals surface area contributed by atoms with Crippen LogP contribution in [0.3, 0.4) is 0 Å². The van der Waals surface area contributed by atoms with Crippen LogP contribution in [-0.4, -0.2) is 9.97 Å². The third-order valence-corrected chi connectivity index (χ3v) is 3.65. The fourth-order valence-electron chi connectivity index (χ4n) is 1.82.